The molecule has 124 valence electrons. The standard InChI is InChI=1S/C19H27N3O/c1-4-6-11-16-18(15-10-8-9-12-21-15)17(19(20)23)14(3)22(16)13-7-5-2/h8-10,12H,4-7,11,13H2,1-3H3,(H2,20,23). The van der Waals surface area contributed by atoms with Crippen LogP contribution < -0.4 is 5.73 Å². The quantitative estimate of drug-likeness (QED) is 0.797. The Hall–Kier alpha value is -2.10. The summed E-state index contributed by atoms with van der Waals surface area (Å²) in [6.45, 7) is 7.28. The van der Waals surface area contributed by atoms with Crippen molar-refractivity contribution in [3.05, 3.63) is 41.3 Å². The van der Waals surface area contributed by atoms with E-state index in [1.54, 1.807) is 6.20 Å². The Morgan fingerprint density at radius 3 is 2.52 bits per heavy atom. The molecule has 0 fully saturated rings. The van der Waals surface area contributed by atoms with Crippen LogP contribution >= 0.6 is 0 Å². The van der Waals surface area contributed by atoms with Crippen LogP contribution in [0.4, 0.5) is 0 Å². The van der Waals surface area contributed by atoms with Gasteiger partial charge in [0.15, 0.2) is 0 Å². The van der Waals surface area contributed by atoms with Gasteiger partial charge in [-0.1, -0.05) is 32.8 Å². The molecule has 0 aliphatic rings. The van der Waals surface area contributed by atoms with E-state index in [1.807, 2.05) is 25.1 Å². The van der Waals surface area contributed by atoms with Gasteiger partial charge in [0.25, 0.3) is 5.91 Å². The molecule has 0 aromatic carbocycles. The van der Waals surface area contributed by atoms with Crippen LogP contribution in [0.15, 0.2) is 24.4 Å². The SMILES string of the molecule is CCCCc1c(-c2ccccn2)c(C(N)=O)c(C)n1CCCC. The molecule has 2 heterocycles. The second-order valence-electron chi connectivity index (χ2n) is 5.97. The van der Waals surface area contributed by atoms with E-state index in [-0.39, 0.29) is 5.91 Å². The highest BCUT2D eigenvalue weighted by Gasteiger charge is 2.24. The van der Waals surface area contributed by atoms with Gasteiger partial charge in [-0.2, -0.15) is 0 Å². The molecule has 2 N–H and O–H groups in total. The number of nitrogens with two attached hydrogens (primary N) is 1. The first-order valence-corrected chi connectivity index (χ1v) is 8.54. The van der Waals surface area contributed by atoms with Crippen LogP contribution in [0, 0.1) is 6.92 Å². The van der Waals surface area contributed by atoms with Gasteiger partial charge in [0, 0.05) is 29.7 Å². The van der Waals surface area contributed by atoms with E-state index in [0.29, 0.717) is 5.56 Å². The van der Waals surface area contributed by atoms with E-state index in [1.165, 1.54) is 5.69 Å². The Morgan fingerprint density at radius 1 is 1.22 bits per heavy atom. The Kier molecular flexibility index (Phi) is 5.97. The van der Waals surface area contributed by atoms with Gasteiger partial charge in [-0.05, 0) is 38.3 Å². The van der Waals surface area contributed by atoms with Crippen molar-refractivity contribution in [3.63, 3.8) is 0 Å². The molecule has 0 saturated heterocycles. The minimum atomic E-state index is -0.365. The number of rotatable bonds is 8. The molecule has 0 atom stereocenters. The first-order chi connectivity index (χ1) is 11.1. The summed E-state index contributed by atoms with van der Waals surface area (Å²) in [7, 11) is 0. The summed E-state index contributed by atoms with van der Waals surface area (Å²) in [4.78, 5) is 16.6. The predicted octanol–water partition coefficient (Wildman–Crippen LogP) is 4.10. The molecule has 2 aromatic heterocycles. The largest absolute Gasteiger partial charge is 0.366 e. The Bertz CT molecular complexity index is 659. The topological polar surface area (TPSA) is 60.9 Å². The van der Waals surface area contributed by atoms with Crippen molar-refractivity contribution in [1.29, 1.82) is 0 Å². The molecule has 0 aliphatic carbocycles. The lowest BCUT2D eigenvalue weighted by Crippen LogP contribution is -2.13. The molecule has 0 bridgehead atoms. The maximum absolute atomic E-state index is 12.1. The number of amides is 1. The maximum atomic E-state index is 12.1. The van der Waals surface area contributed by atoms with Gasteiger partial charge in [-0.3, -0.25) is 9.78 Å². The number of hydrogen-bond acceptors (Lipinski definition) is 2. The molecule has 4 heteroatoms. The normalized spacial score (nSPS) is 10.9. The number of unbranched alkanes of at least 4 members (excludes halogenated alkanes) is 2. The zero-order valence-corrected chi connectivity index (χ0v) is 14.4. The molecule has 4 nitrogen and oxygen atoms in total. The van der Waals surface area contributed by atoms with Crippen molar-refractivity contribution in [2.45, 2.75) is 59.4 Å². The molecule has 2 aromatic rings. The van der Waals surface area contributed by atoms with Crippen LogP contribution in [-0.2, 0) is 13.0 Å². The summed E-state index contributed by atoms with van der Waals surface area (Å²) in [6, 6.07) is 5.80. The molecule has 0 radical (unpaired) electrons. The van der Waals surface area contributed by atoms with Gasteiger partial charge in [0.1, 0.15) is 0 Å². The lowest BCUT2D eigenvalue weighted by Gasteiger charge is -2.12. The van der Waals surface area contributed by atoms with Crippen molar-refractivity contribution < 1.29 is 4.79 Å². The molecule has 0 unspecified atom stereocenters. The van der Waals surface area contributed by atoms with E-state index in [4.69, 9.17) is 5.73 Å². The highest BCUT2D eigenvalue weighted by Crippen LogP contribution is 2.33. The van der Waals surface area contributed by atoms with Crippen molar-refractivity contribution in [3.8, 4) is 11.3 Å². The van der Waals surface area contributed by atoms with Crippen LogP contribution in [0.2, 0.25) is 0 Å². The first kappa shape index (κ1) is 17.3. The number of hydrogen-bond donors (Lipinski definition) is 1. The first-order valence-electron chi connectivity index (χ1n) is 8.54. The molecule has 0 spiro atoms. The van der Waals surface area contributed by atoms with Crippen molar-refractivity contribution in [2.24, 2.45) is 5.73 Å². The van der Waals surface area contributed by atoms with Crippen LogP contribution in [0.1, 0.15) is 61.3 Å². The number of nitrogens with zero attached hydrogens (tertiary/aromatic N) is 2. The summed E-state index contributed by atoms with van der Waals surface area (Å²) in [5.74, 6) is -0.365. The summed E-state index contributed by atoms with van der Waals surface area (Å²) in [6.07, 6.45) is 7.13. The van der Waals surface area contributed by atoms with Gasteiger partial charge in [-0.25, -0.2) is 0 Å². The van der Waals surface area contributed by atoms with Crippen LogP contribution in [-0.4, -0.2) is 15.5 Å². The van der Waals surface area contributed by atoms with Gasteiger partial charge in [0.2, 0.25) is 0 Å². The van der Waals surface area contributed by atoms with Crippen molar-refractivity contribution in [1.82, 2.24) is 9.55 Å². The molecule has 0 aliphatic heterocycles. The number of carbonyl (C=O) groups excluding carboxylic acids is 1. The van der Waals surface area contributed by atoms with Crippen molar-refractivity contribution >= 4 is 5.91 Å². The third kappa shape index (κ3) is 3.63. The second-order valence-corrected chi connectivity index (χ2v) is 5.97. The van der Waals surface area contributed by atoms with E-state index in [9.17, 15) is 4.79 Å². The summed E-state index contributed by atoms with van der Waals surface area (Å²) in [5.41, 5.74) is 10.3. The Morgan fingerprint density at radius 2 is 1.96 bits per heavy atom. The molecule has 23 heavy (non-hydrogen) atoms. The number of carbonyl (C=O) groups is 1. The molecule has 2 rings (SSSR count). The molecule has 0 saturated carbocycles. The number of aromatic nitrogens is 2. The average Bonchev–Trinajstić information content (AvgIpc) is 2.83. The second kappa shape index (κ2) is 7.95. The third-order valence-electron chi connectivity index (χ3n) is 4.30. The highest BCUT2D eigenvalue weighted by molar-refractivity contribution is 6.01. The third-order valence-corrected chi connectivity index (χ3v) is 4.30. The van der Waals surface area contributed by atoms with E-state index >= 15 is 0 Å². The smallest absolute Gasteiger partial charge is 0.251 e. The minimum Gasteiger partial charge on any atom is -0.366 e. The van der Waals surface area contributed by atoms with Crippen molar-refractivity contribution in [2.75, 3.05) is 0 Å². The fraction of sp³-hybridized carbons (Fsp3) is 0.474. The van der Waals surface area contributed by atoms with E-state index in [2.05, 4.69) is 23.4 Å². The average molecular weight is 313 g/mol. The van der Waals surface area contributed by atoms with Gasteiger partial charge in [-0.15, -0.1) is 0 Å². The Balaban J connectivity index is 2.66. The van der Waals surface area contributed by atoms with E-state index in [0.717, 1.165) is 55.6 Å². The predicted molar refractivity (Wildman–Crippen MR) is 94.4 cm³/mol. The maximum Gasteiger partial charge on any atom is 0.251 e. The molecular formula is C19H27N3O. The van der Waals surface area contributed by atoms with Gasteiger partial charge < -0.3 is 10.3 Å². The highest BCUT2D eigenvalue weighted by atomic mass is 16.1. The van der Waals surface area contributed by atoms with Crippen LogP contribution in [0.25, 0.3) is 11.3 Å². The molecule has 1 amide bonds. The van der Waals surface area contributed by atoms with Gasteiger partial charge >= 0.3 is 0 Å². The van der Waals surface area contributed by atoms with E-state index < -0.39 is 0 Å². The minimum absolute atomic E-state index is 0.365. The summed E-state index contributed by atoms with van der Waals surface area (Å²) >= 11 is 0. The number of primary amides is 1. The number of pyridine rings is 1. The fourth-order valence-corrected chi connectivity index (χ4v) is 3.11. The van der Waals surface area contributed by atoms with Crippen LogP contribution in [0.3, 0.4) is 0 Å². The lowest BCUT2D eigenvalue weighted by molar-refractivity contribution is 0.1000. The summed E-state index contributed by atoms with van der Waals surface area (Å²) < 4.78 is 2.28. The van der Waals surface area contributed by atoms with Crippen LogP contribution in [0.5, 0.6) is 0 Å². The lowest BCUT2D eigenvalue weighted by atomic mass is 10.0. The Labute approximate surface area is 138 Å². The summed E-state index contributed by atoms with van der Waals surface area (Å²) in [5, 5.41) is 0. The monoisotopic (exact) mass is 313 g/mol. The zero-order chi connectivity index (χ0) is 16.8. The van der Waals surface area contributed by atoms with Gasteiger partial charge in [0.05, 0.1) is 11.3 Å². The fourth-order valence-electron chi connectivity index (χ4n) is 3.11. The zero-order valence-electron chi connectivity index (χ0n) is 14.4. The molecular weight excluding hydrogens is 286 g/mol.